The number of rotatable bonds is 9. The number of thioether (sulfide) groups is 1. The largest absolute Gasteiger partial charge is 0.493 e. The summed E-state index contributed by atoms with van der Waals surface area (Å²) in [4.78, 5) is 14.1. The van der Waals surface area contributed by atoms with Crippen LogP contribution in [0, 0.1) is 29.6 Å². The van der Waals surface area contributed by atoms with Gasteiger partial charge in [0.1, 0.15) is 17.7 Å². The number of methoxy groups -OCH3 is 1. The second-order valence-electron chi connectivity index (χ2n) is 10.5. The number of nitrogens with zero attached hydrogens (tertiary/aromatic N) is 4. The summed E-state index contributed by atoms with van der Waals surface area (Å²) in [7, 11) is 1.61. The Bertz CT molecular complexity index is 1350. The fraction of sp³-hybridized carbons (Fsp3) is 0.500. The van der Waals surface area contributed by atoms with Gasteiger partial charge < -0.3 is 19.4 Å². The van der Waals surface area contributed by atoms with E-state index in [0.29, 0.717) is 45.5 Å². The molecule has 0 spiro atoms. The third-order valence-electron chi connectivity index (χ3n) is 6.97. The maximum absolute atomic E-state index is 12.9. The Morgan fingerprint density at radius 1 is 1.32 bits per heavy atom. The van der Waals surface area contributed by atoms with Crippen LogP contribution in [0.4, 0.5) is 5.00 Å². The van der Waals surface area contributed by atoms with E-state index in [0.717, 1.165) is 30.4 Å². The number of ether oxygens (including phenoxy) is 2. The Morgan fingerprint density at radius 2 is 2.11 bits per heavy atom. The first kappa shape index (κ1) is 28.0. The van der Waals surface area contributed by atoms with Crippen LogP contribution in [0.2, 0.25) is 0 Å². The zero-order valence-electron chi connectivity index (χ0n) is 22.9. The van der Waals surface area contributed by atoms with Crippen LogP contribution in [-0.2, 0) is 30.8 Å². The van der Waals surface area contributed by atoms with Crippen molar-refractivity contribution < 1.29 is 14.3 Å². The SMILES string of the molecule is CCn1c(COc2ccc(C)cc2OC)nnc1SCC(=O)Nc1sc2c(c1C#N)CC[C@@H](C(C)(C)C)C2. The summed E-state index contributed by atoms with van der Waals surface area (Å²) in [5.74, 6) is 2.56. The van der Waals surface area contributed by atoms with Crippen molar-refractivity contribution in [1.29, 1.82) is 5.26 Å². The normalized spacial score (nSPS) is 15.0. The summed E-state index contributed by atoms with van der Waals surface area (Å²) in [5.41, 5.74) is 3.04. The van der Waals surface area contributed by atoms with E-state index >= 15 is 0 Å². The van der Waals surface area contributed by atoms with Crippen molar-refractivity contribution in [1.82, 2.24) is 14.8 Å². The maximum Gasteiger partial charge on any atom is 0.235 e. The molecule has 202 valence electrons. The molecule has 1 amide bonds. The number of fused-ring (bicyclic) bond motifs is 1. The van der Waals surface area contributed by atoms with Gasteiger partial charge in [0.15, 0.2) is 22.5 Å². The molecule has 0 aliphatic heterocycles. The van der Waals surface area contributed by atoms with Gasteiger partial charge >= 0.3 is 0 Å². The number of carbonyl (C=O) groups excluding carboxylic acids is 1. The molecule has 0 radical (unpaired) electrons. The van der Waals surface area contributed by atoms with E-state index in [1.54, 1.807) is 18.4 Å². The van der Waals surface area contributed by atoms with Gasteiger partial charge in [0.25, 0.3) is 0 Å². The summed E-state index contributed by atoms with van der Waals surface area (Å²) in [6.07, 6.45) is 2.92. The highest BCUT2D eigenvalue weighted by molar-refractivity contribution is 7.99. The lowest BCUT2D eigenvalue weighted by Gasteiger charge is -2.33. The van der Waals surface area contributed by atoms with Gasteiger partial charge in [-0.15, -0.1) is 21.5 Å². The van der Waals surface area contributed by atoms with E-state index < -0.39 is 0 Å². The van der Waals surface area contributed by atoms with Crippen LogP contribution in [0.3, 0.4) is 0 Å². The standard InChI is InChI=1S/C28H35N5O3S2/c1-7-33-24(15-36-21-11-8-17(2)12-22(21)35-6)31-32-27(33)37-16-25(34)30-26-20(14-29)19-10-9-18(28(3,4)5)13-23(19)38-26/h8,11-12,18H,7,9-10,13,15-16H2,1-6H3,(H,30,34)/t18-/m1/s1. The molecule has 10 heteroatoms. The topological polar surface area (TPSA) is 102 Å². The highest BCUT2D eigenvalue weighted by Gasteiger charge is 2.32. The number of hydrogen-bond acceptors (Lipinski definition) is 8. The van der Waals surface area contributed by atoms with Crippen molar-refractivity contribution in [2.45, 2.75) is 72.2 Å². The quantitative estimate of drug-likeness (QED) is 0.324. The number of nitriles is 1. The zero-order chi connectivity index (χ0) is 27.4. The van der Waals surface area contributed by atoms with E-state index in [4.69, 9.17) is 9.47 Å². The van der Waals surface area contributed by atoms with Crippen LogP contribution in [0.5, 0.6) is 11.5 Å². The lowest BCUT2D eigenvalue weighted by atomic mass is 9.72. The molecule has 3 aromatic rings. The number of nitrogens with one attached hydrogen (secondary N) is 1. The van der Waals surface area contributed by atoms with Crippen LogP contribution >= 0.6 is 23.1 Å². The molecule has 0 saturated carbocycles. The Morgan fingerprint density at radius 3 is 2.79 bits per heavy atom. The first-order valence-corrected chi connectivity index (χ1v) is 14.6. The summed E-state index contributed by atoms with van der Waals surface area (Å²) in [6, 6.07) is 8.10. The minimum absolute atomic E-state index is 0.162. The van der Waals surface area contributed by atoms with Crippen molar-refractivity contribution in [2.24, 2.45) is 11.3 Å². The third-order valence-corrected chi connectivity index (χ3v) is 9.11. The monoisotopic (exact) mass is 553 g/mol. The van der Waals surface area contributed by atoms with Gasteiger partial charge in [-0.25, -0.2) is 0 Å². The van der Waals surface area contributed by atoms with Gasteiger partial charge in [-0.2, -0.15) is 5.26 Å². The number of carbonyl (C=O) groups is 1. The predicted octanol–water partition coefficient (Wildman–Crippen LogP) is 6.01. The second-order valence-corrected chi connectivity index (χ2v) is 12.6. The van der Waals surface area contributed by atoms with Crippen molar-refractivity contribution in [3.05, 3.63) is 45.6 Å². The molecule has 0 unspecified atom stereocenters. The van der Waals surface area contributed by atoms with Crippen molar-refractivity contribution in [3.8, 4) is 17.6 Å². The Hall–Kier alpha value is -3.03. The molecule has 1 N–H and O–H groups in total. The number of hydrogen-bond donors (Lipinski definition) is 1. The van der Waals surface area contributed by atoms with Crippen molar-refractivity contribution >= 4 is 34.0 Å². The van der Waals surface area contributed by atoms with Gasteiger partial charge in [-0.05, 0) is 67.7 Å². The van der Waals surface area contributed by atoms with Crippen molar-refractivity contribution in [2.75, 3.05) is 18.2 Å². The number of aryl methyl sites for hydroxylation is 1. The number of amides is 1. The van der Waals surface area contributed by atoms with Gasteiger partial charge in [0, 0.05) is 11.4 Å². The van der Waals surface area contributed by atoms with Gasteiger partial charge in [-0.1, -0.05) is 38.6 Å². The van der Waals surface area contributed by atoms with E-state index in [-0.39, 0.29) is 23.7 Å². The molecule has 1 atom stereocenters. The summed E-state index contributed by atoms with van der Waals surface area (Å²) >= 11 is 2.87. The lowest BCUT2D eigenvalue weighted by molar-refractivity contribution is -0.113. The first-order valence-electron chi connectivity index (χ1n) is 12.8. The maximum atomic E-state index is 12.9. The average Bonchev–Trinajstić information content (AvgIpc) is 3.45. The highest BCUT2D eigenvalue weighted by atomic mass is 32.2. The highest BCUT2D eigenvalue weighted by Crippen LogP contribution is 2.44. The fourth-order valence-electron chi connectivity index (χ4n) is 4.71. The predicted molar refractivity (Wildman–Crippen MR) is 151 cm³/mol. The molecule has 2 heterocycles. The molecular weight excluding hydrogens is 518 g/mol. The summed E-state index contributed by atoms with van der Waals surface area (Å²) in [6.45, 7) is 11.7. The molecule has 2 aromatic heterocycles. The van der Waals surface area contributed by atoms with Gasteiger partial charge in [0.2, 0.25) is 5.91 Å². The molecule has 0 saturated heterocycles. The third kappa shape index (κ3) is 6.16. The molecule has 0 bridgehead atoms. The van der Waals surface area contributed by atoms with Crippen LogP contribution in [-0.4, -0.2) is 33.5 Å². The minimum atomic E-state index is -0.162. The average molecular weight is 554 g/mol. The van der Waals surface area contributed by atoms with Crippen LogP contribution < -0.4 is 14.8 Å². The number of thiophene rings is 1. The zero-order valence-corrected chi connectivity index (χ0v) is 24.5. The second kappa shape index (κ2) is 11.8. The molecule has 0 fully saturated rings. The van der Waals surface area contributed by atoms with Gasteiger partial charge in [-0.3, -0.25) is 4.79 Å². The number of aromatic nitrogens is 3. The van der Waals surface area contributed by atoms with Crippen LogP contribution in [0.1, 0.15) is 61.5 Å². The van der Waals surface area contributed by atoms with E-state index in [1.807, 2.05) is 36.6 Å². The number of benzene rings is 1. The van der Waals surface area contributed by atoms with Gasteiger partial charge in [0.05, 0.1) is 18.4 Å². The Labute approximate surface area is 232 Å². The minimum Gasteiger partial charge on any atom is -0.493 e. The first-order chi connectivity index (χ1) is 18.1. The van der Waals surface area contributed by atoms with Crippen LogP contribution in [0.15, 0.2) is 23.4 Å². The Kier molecular flexibility index (Phi) is 8.68. The molecule has 1 aliphatic rings. The molecule has 4 rings (SSSR count). The summed E-state index contributed by atoms with van der Waals surface area (Å²) < 4.78 is 13.3. The fourth-order valence-corrected chi connectivity index (χ4v) is 6.83. The van der Waals surface area contributed by atoms with Crippen molar-refractivity contribution in [3.63, 3.8) is 0 Å². The van der Waals surface area contributed by atoms with E-state index in [2.05, 4.69) is 42.4 Å². The molecule has 8 nitrogen and oxygen atoms in total. The Balaban J connectivity index is 1.39. The number of anilines is 1. The molecule has 38 heavy (non-hydrogen) atoms. The van der Waals surface area contributed by atoms with E-state index in [1.165, 1.54) is 16.6 Å². The lowest BCUT2D eigenvalue weighted by Crippen LogP contribution is -2.26. The van der Waals surface area contributed by atoms with Crippen LogP contribution in [0.25, 0.3) is 0 Å². The van der Waals surface area contributed by atoms with E-state index in [9.17, 15) is 10.1 Å². The smallest absolute Gasteiger partial charge is 0.235 e. The summed E-state index contributed by atoms with van der Waals surface area (Å²) in [5, 5.41) is 22.7. The molecule has 1 aromatic carbocycles. The molecular formula is C28H35N5O3S2. The molecule has 1 aliphatic carbocycles.